The van der Waals surface area contributed by atoms with Crippen molar-refractivity contribution in [3.05, 3.63) is 0 Å². The number of amides is 1. The van der Waals surface area contributed by atoms with Gasteiger partial charge in [-0.3, -0.25) is 10.1 Å². The molecule has 2 heterocycles. The number of carbonyl (C=O) groups excluding carboxylic acids is 1. The third kappa shape index (κ3) is 1.95. The third-order valence-corrected chi connectivity index (χ3v) is 5.12. The van der Waals surface area contributed by atoms with E-state index in [1.165, 1.54) is 12.8 Å². The largest absolute Gasteiger partial charge is 0.325 e. The van der Waals surface area contributed by atoms with Crippen LogP contribution in [-0.2, 0) is 4.79 Å². The summed E-state index contributed by atoms with van der Waals surface area (Å²) in [6.07, 6.45) is 4.69. The highest BCUT2D eigenvalue weighted by Gasteiger charge is 2.58. The van der Waals surface area contributed by atoms with Crippen LogP contribution < -0.4 is 5.32 Å². The van der Waals surface area contributed by atoms with Crippen LogP contribution in [0.25, 0.3) is 0 Å². The maximum Gasteiger partial charge on any atom is 0.244 e. The van der Waals surface area contributed by atoms with Crippen LogP contribution in [-0.4, -0.2) is 54.1 Å². The minimum absolute atomic E-state index is 0.152. The Balaban J connectivity index is 1.67. The molecule has 1 unspecified atom stereocenters. The minimum atomic E-state index is -0.152. The summed E-state index contributed by atoms with van der Waals surface area (Å²) in [5, 5.41) is 3.49. The van der Waals surface area contributed by atoms with Gasteiger partial charge < -0.3 is 9.80 Å². The van der Waals surface area contributed by atoms with E-state index >= 15 is 0 Å². The summed E-state index contributed by atoms with van der Waals surface area (Å²) in [5.41, 5.74) is 0.153. The number of hydrogen-bond acceptors (Lipinski definition) is 3. The summed E-state index contributed by atoms with van der Waals surface area (Å²) in [6, 6.07) is 0. The van der Waals surface area contributed by atoms with Crippen LogP contribution in [0.2, 0.25) is 0 Å². The molecule has 4 heteroatoms. The zero-order valence-corrected chi connectivity index (χ0v) is 11.8. The van der Waals surface area contributed by atoms with E-state index in [9.17, 15) is 4.79 Å². The van der Waals surface area contributed by atoms with E-state index < -0.39 is 0 Å². The number of nitrogens with one attached hydrogen (secondary N) is 1. The van der Waals surface area contributed by atoms with Crippen LogP contribution in [0.3, 0.4) is 0 Å². The Bertz CT molecular complexity index is 356. The standard InChI is InChI=1S/C14H25N3O/c1-11-15-14(4-5-14)12(18)17(11)10-13(2)6-8-16(3)9-7-13/h11,15H,4-10H2,1-3H3. The van der Waals surface area contributed by atoms with Gasteiger partial charge in [0.2, 0.25) is 5.91 Å². The van der Waals surface area contributed by atoms with Crippen molar-refractivity contribution in [1.82, 2.24) is 15.1 Å². The summed E-state index contributed by atoms with van der Waals surface area (Å²) in [6.45, 7) is 7.72. The fourth-order valence-electron chi connectivity index (χ4n) is 3.41. The Morgan fingerprint density at radius 2 is 1.89 bits per heavy atom. The highest BCUT2D eigenvalue weighted by molar-refractivity contribution is 5.91. The third-order valence-electron chi connectivity index (χ3n) is 5.12. The summed E-state index contributed by atoms with van der Waals surface area (Å²) >= 11 is 0. The first-order chi connectivity index (χ1) is 8.44. The molecule has 1 saturated carbocycles. The van der Waals surface area contributed by atoms with Crippen LogP contribution in [0.4, 0.5) is 0 Å². The normalized spacial score (nSPS) is 34.3. The first-order valence-corrected chi connectivity index (χ1v) is 7.22. The lowest BCUT2D eigenvalue weighted by Crippen LogP contribution is -2.47. The Kier molecular flexibility index (Phi) is 2.72. The van der Waals surface area contributed by atoms with Crippen LogP contribution in [0.5, 0.6) is 0 Å². The van der Waals surface area contributed by atoms with Crippen molar-refractivity contribution in [3.8, 4) is 0 Å². The molecule has 2 aliphatic heterocycles. The topological polar surface area (TPSA) is 35.6 Å². The van der Waals surface area contributed by atoms with E-state index in [-0.39, 0.29) is 11.7 Å². The van der Waals surface area contributed by atoms with Crippen molar-refractivity contribution in [2.24, 2.45) is 5.41 Å². The Morgan fingerprint density at radius 3 is 2.39 bits per heavy atom. The van der Waals surface area contributed by atoms with Gasteiger partial charge in [-0.1, -0.05) is 6.92 Å². The number of carbonyl (C=O) groups is 1. The maximum atomic E-state index is 12.4. The Morgan fingerprint density at radius 1 is 1.28 bits per heavy atom. The number of nitrogens with zero attached hydrogens (tertiary/aromatic N) is 2. The van der Waals surface area contributed by atoms with Gasteiger partial charge in [0, 0.05) is 6.54 Å². The predicted octanol–water partition coefficient (Wildman–Crippen LogP) is 1.03. The molecule has 1 atom stereocenters. The fourth-order valence-corrected chi connectivity index (χ4v) is 3.41. The van der Waals surface area contributed by atoms with Crippen LogP contribution in [0.1, 0.15) is 39.5 Å². The van der Waals surface area contributed by atoms with Crippen molar-refractivity contribution < 1.29 is 4.79 Å². The highest BCUT2D eigenvalue weighted by atomic mass is 16.2. The molecule has 1 aliphatic carbocycles. The molecule has 1 spiro atoms. The zero-order chi connectivity index (χ0) is 13.0. The Labute approximate surface area is 110 Å². The lowest BCUT2D eigenvalue weighted by Gasteiger charge is -2.41. The average Bonchev–Trinajstić information content (AvgIpc) is 3.06. The highest BCUT2D eigenvalue weighted by Crippen LogP contribution is 2.43. The minimum Gasteiger partial charge on any atom is -0.325 e. The van der Waals surface area contributed by atoms with E-state index in [4.69, 9.17) is 0 Å². The molecule has 0 aromatic carbocycles. The molecule has 1 N–H and O–H groups in total. The van der Waals surface area contributed by atoms with E-state index in [0.717, 1.165) is 32.5 Å². The molecule has 102 valence electrons. The van der Waals surface area contributed by atoms with Gasteiger partial charge in [-0.05, 0) is 58.2 Å². The fraction of sp³-hybridized carbons (Fsp3) is 0.929. The second-order valence-electron chi connectivity index (χ2n) is 6.95. The van der Waals surface area contributed by atoms with E-state index in [0.29, 0.717) is 11.3 Å². The average molecular weight is 251 g/mol. The summed E-state index contributed by atoms with van der Waals surface area (Å²) < 4.78 is 0. The van der Waals surface area contributed by atoms with Crippen molar-refractivity contribution in [1.29, 1.82) is 0 Å². The summed E-state index contributed by atoms with van der Waals surface area (Å²) in [5.74, 6) is 0.357. The second-order valence-corrected chi connectivity index (χ2v) is 6.95. The van der Waals surface area contributed by atoms with Gasteiger partial charge in [0.15, 0.2) is 0 Å². The molecule has 3 rings (SSSR count). The molecule has 2 saturated heterocycles. The quantitative estimate of drug-likeness (QED) is 0.796. The SMILES string of the molecule is CC1NC2(CC2)C(=O)N1CC1(C)CCN(C)CC1. The molecule has 18 heavy (non-hydrogen) atoms. The molecule has 3 fully saturated rings. The first kappa shape index (κ1) is 12.4. The molecule has 0 radical (unpaired) electrons. The smallest absolute Gasteiger partial charge is 0.244 e. The molecule has 0 aromatic heterocycles. The van der Waals surface area contributed by atoms with Crippen molar-refractivity contribution in [2.75, 3.05) is 26.7 Å². The molecule has 4 nitrogen and oxygen atoms in total. The van der Waals surface area contributed by atoms with Gasteiger partial charge in [-0.2, -0.15) is 0 Å². The van der Waals surface area contributed by atoms with Gasteiger partial charge in [0.1, 0.15) is 0 Å². The van der Waals surface area contributed by atoms with Gasteiger partial charge in [-0.25, -0.2) is 0 Å². The maximum absolute atomic E-state index is 12.4. The molecule has 3 aliphatic rings. The van der Waals surface area contributed by atoms with Crippen molar-refractivity contribution >= 4 is 5.91 Å². The molecule has 0 aromatic rings. The first-order valence-electron chi connectivity index (χ1n) is 7.22. The van der Waals surface area contributed by atoms with Crippen LogP contribution in [0.15, 0.2) is 0 Å². The lowest BCUT2D eigenvalue weighted by molar-refractivity contribution is -0.132. The zero-order valence-electron chi connectivity index (χ0n) is 11.8. The van der Waals surface area contributed by atoms with Crippen LogP contribution in [0, 0.1) is 5.41 Å². The van der Waals surface area contributed by atoms with Gasteiger partial charge in [0.25, 0.3) is 0 Å². The van der Waals surface area contributed by atoms with E-state index in [1.807, 2.05) is 0 Å². The van der Waals surface area contributed by atoms with Crippen molar-refractivity contribution in [2.45, 2.75) is 51.2 Å². The van der Waals surface area contributed by atoms with E-state index in [2.05, 4.69) is 36.0 Å². The summed E-state index contributed by atoms with van der Waals surface area (Å²) in [7, 11) is 2.18. The number of piperidine rings is 1. The van der Waals surface area contributed by atoms with Gasteiger partial charge in [0.05, 0.1) is 11.7 Å². The monoisotopic (exact) mass is 251 g/mol. The van der Waals surface area contributed by atoms with Crippen molar-refractivity contribution in [3.63, 3.8) is 0 Å². The second kappa shape index (κ2) is 3.94. The summed E-state index contributed by atoms with van der Waals surface area (Å²) in [4.78, 5) is 16.9. The number of hydrogen-bond donors (Lipinski definition) is 1. The molecule has 0 bridgehead atoms. The predicted molar refractivity (Wildman–Crippen MR) is 71.1 cm³/mol. The van der Waals surface area contributed by atoms with E-state index in [1.54, 1.807) is 0 Å². The number of likely N-dealkylation sites (tertiary alicyclic amines) is 1. The van der Waals surface area contributed by atoms with Gasteiger partial charge in [-0.15, -0.1) is 0 Å². The molecular formula is C14H25N3O. The number of rotatable bonds is 2. The van der Waals surface area contributed by atoms with Gasteiger partial charge >= 0.3 is 0 Å². The lowest BCUT2D eigenvalue weighted by atomic mass is 9.80. The Hall–Kier alpha value is -0.610. The molecular weight excluding hydrogens is 226 g/mol. The molecule has 1 amide bonds. The van der Waals surface area contributed by atoms with Crippen LogP contribution >= 0.6 is 0 Å².